The molecule has 7 nitrogen and oxygen atoms in total. The maximum absolute atomic E-state index is 11.8. The Morgan fingerprint density at radius 1 is 1.31 bits per heavy atom. The molecule has 16 heavy (non-hydrogen) atoms. The third kappa shape index (κ3) is 6.51. The second-order valence-corrected chi connectivity index (χ2v) is 4.74. The molecule has 0 saturated heterocycles. The van der Waals surface area contributed by atoms with Crippen molar-refractivity contribution >= 4 is 13.6 Å². The number of carbonyl (C=O) groups excluding carboxylic acids is 1. The van der Waals surface area contributed by atoms with Crippen LogP contribution in [0.2, 0.25) is 0 Å². The highest BCUT2D eigenvalue weighted by molar-refractivity contribution is 7.54. The zero-order valence-electron chi connectivity index (χ0n) is 9.42. The minimum Gasteiger partial charge on any atom is -0.457 e. The number of ether oxygens (including phenoxy) is 1. The second-order valence-electron chi connectivity index (χ2n) is 2.69. The first-order chi connectivity index (χ1) is 7.58. The van der Waals surface area contributed by atoms with E-state index in [-0.39, 0.29) is 26.4 Å². The summed E-state index contributed by atoms with van der Waals surface area (Å²) in [6.07, 6.45) is -0.430. The highest BCUT2D eigenvalue weighted by Gasteiger charge is 2.28. The van der Waals surface area contributed by atoms with Gasteiger partial charge >= 0.3 is 20.1 Å². The Balaban J connectivity index is 4.14. The molecule has 0 fully saturated rings. The largest absolute Gasteiger partial charge is 0.457 e. The quantitative estimate of drug-likeness (QED) is 0.282. The Morgan fingerprint density at radius 3 is 2.31 bits per heavy atom. The second kappa shape index (κ2) is 8.22. The van der Waals surface area contributed by atoms with Crippen molar-refractivity contribution in [3.8, 4) is 0 Å². The molecule has 92 valence electrons. The number of hydrogen-bond donors (Lipinski definition) is 0. The third-order valence-electron chi connectivity index (χ3n) is 1.43. The van der Waals surface area contributed by atoms with E-state index in [0.29, 0.717) is 0 Å². The summed E-state index contributed by atoms with van der Waals surface area (Å²) in [5.74, 6) is -0.700. The Morgan fingerprint density at radius 2 is 1.88 bits per heavy atom. The van der Waals surface area contributed by atoms with Crippen LogP contribution in [0.15, 0.2) is 0 Å². The molecule has 0 spiro atoms. The maximum atomic E-state index is 11.8. The fraction of sp³-hybridized carbons (Fsp3) is 0.875. The van der Waals surface area contributed by atoms with Gasteiger partial charge in [-0.25, -0.2) is 0 Å². The molecular formula is C8H16N2O5P+. The van der Waals surface area contributed by atoms with Crippen molar-refractivity contribution in [1.82, 2.24) is 0 Å². The van der Waals surface area contributed by atoms with Crippen LogP contribution in [0.5, 0.6) is 0 Å². The van der Waals surface area contributed by atoms with Crippen molar-refractivity contribution < 1.29 is 23.1 Å². The number of esters is 1. The van der Waals surface area contributed by atoms with Crippen molar-refractivity contribution in [3.05, 3.63) is 4.98 Å². The van der Waals surface area contributed by atoms with Crippen molar-refractivity contribution in [2.24, 2.45) is 0 Å². The molecule has 0 saturated carbocycles. The topological polar surface area (TPSA) is 90.0 Å². The van der Waals surface area contributed by atoms with E-state index in [4.69, 9.17) is 14.4 Å². The molecule has 0 bridgehead atoms. The minimum atomic E-state index is -3.39. The molecule has 0 amide bonds. The Bertz CT molecular complexity index is 291. The number of carbonyl (C=O) groups is 1. The van der Waals surface area contributed by atoms with Gasteiger partial charge in [-0.05, 0) is 13.8 Å². The van der Waals surface area contributed by atoms with E-state index >= 15 is 0 Å². The molecule has 0 rings (SSSR count). The number of rotatable bonds is 8. The van der Waals surface area contributed by atoms with Crippen LogP contribution in [0.1, 0.15) is 13.8 Å². The van der Waals surface area contributed by atoms with Gasteiger partial charge in [-0.15, -0.1) is 0 Å². The van der Waals surface area contributed by atoms with Crippen LogP contribution in [0.25, 0.3) is 4.98 Å². The molecule has 0 N–H and O–H groups in total. The van der Waals surface area contributed by atoms with Crippen LogP contribution in [-0.2, 0) is 23.1 Å². The van der Waals surface area contributed by atoms with Crippen molar-refractivity contribution in [3.63, 3.8) is 0 Å². The molecule has 0 heterocycles. The predicted octanol–water partition coefficient (Wildman–Crippen LogP) is 1.65. The highest BCUT2D eigenvalue weighted by Crippen LogP contribution is 2.47. The van der Waals surface area contributed by atoms with Gasteiger partial charge < -0.3 is 13.8 Å². The summed E-state index contributed by atoms with van der Waals surface area (Å²) in [6, 6.07) is 0. The summed E-state index contributed by atoms with van der Waals surface area (Å²) in [7, 11) is -3.39. The molecule has 0 aliphatic carbocycles. The normalized spacial score (nSPS) is 10.8. The average Bonchev–Trinajstić information content (AvgIpc) is 2.18. The van der Waals surface area contributed by atoms with Crippen LogP contribution in [0.3, 0.4) is 0 Å². The van der Waals surface area contributed by atoms with Gasteiger partial charge in [0.05, 0.1) is 13.2 Å². The van der Waals surface area contributed by atoms with Crippen LogP contribution in [0, 0.1) is 5.39 Å². The molecule has 0 aliphatic rings. The van der Waals surface area contributed by atoms with Crippen molar-refractivity contribution in [2.45, 2.75) is 13.8 Å². The van der Waals surface area contributed by atoms with Gasteiger partial charge in [-0.2, -0.15) is 0 Å². The first kappa shape index (κ1) is 15.0. The summed E-state index contributed by atoms with van der Waals surface area (Å²) >= 11 is 0. The van der Waals surface area contributed by atoms with Gasteiger partial charge in [0.1, 0.15) is 11.1 Å². The zero-order valence-corrected chi connectivity index (χ0v) is 10.3. The fourth-order valence-electron chi connectivity index (χ4n) is 0.926. The van der Waals surface area contributed by atoms with Gasteiger partial charge in [0.25, 0.3) is 0 Å². The van der Waals surface area contributed by atoms with E-state index in [9.17, 15) is 9.36 Å². The van der Waals surface area contributed by atoms with Crippen LogP contribution < -0.4 is 0 Å². The van der Waals surface area contributed by atoms with E-state index in [1.54, 1.807) is 13.8 Å². The third-order valence-corrected chi connectivity index (χ3v) is 3.38. The monoisotopic (exact) mass is 251 g/mol. The standard InChI is InChI=1S/C8H16N2O5P/c1-3-14-16(12,15-4-2)7-8(11)13-6-5-10-9/h3-7H2,1-2H3/q+1. The van der Waals surface area contributed by atoms with Crippen LogP contribution in [0.4, 0.5) is 0 Å². The van der Waals surface area contributed by atoms with Crippen LogP contribution in [-0.4, -0.2) is 38.5 Å². The Kier molecular flexibility index (Phi) is 7.73. The molecule has 0 aromatic heterocycles. The molecule has 0 atom stereocenters. The average molecular weight is 251 g/mol. The van der Waals surface area contributed by atoms with E-state index in [1.165, 1.54) is 0 Å². The lowest BCUT2D eigenvalue weighted by Gasteiger charge is -2.15. The number of diazo groups is 1. The summed E-state index contributed by atoms with van der Waals surface area (Å²) < 4.78 is 26.3. The molecule has 8 heteroatoms. The molecule has 0 unspecified atom stereocenters. The highest BCUT2D eigenvalue weighted by atomic mass is 31.2. The first-order valence-electron chi connectivity index (χ1n) is 4.92. The van der Waals surface area contributed by atoms with Gasteiger partial charge in [-0.3, -0.25) is 9.36 Å². The SMILES string of the molecule is CCOP(=O)(CC(=O)OCC[N+]#N)OCC. The molecule has 0 aromatic carbocycles. The molecule has 0 aliphatic heterocycles. The van der Waals surface area contributed by atoms with E-state index < -0.39 is 19.7 Å². The van der Waals surface area contributed by atoms with Crippen LogP contribution >= 0.6 is 7.60 Å². The summed E-state index contributed by atoms with van der Waals surface area (Å²) in [6.45, 7) is 3.61. The lowest BCUT2D eigenvalue weighted by atomic mass is 10.7. The van der Waals surface area contributed by atoms with Crippen molar-refractivity contribution in [1.29, 1.82) is 5.39 Å². The van der Waals surface area contributed by atoms with Gasteiger partial charge in [-0.1, -0.05) is 0 Å². The summed E-state index contributed by atoms with van der Waals surface area (Å²) in [5.41, 5.74) is 0. The Hall–Kier alpha value is -0.960. The molecule has 0 aromatic rings. The Labute approximate surface area is 94.2 Å². The fourth-order valence-corrected chi connectivity index (χ4v) is 2.38. The first-order valence-corrected chi connectivity index (χ1v) is 6.65. The maximum Gasteiger partial charge on any atom is 0.341 e. The number of hydrogen-bond acceptors (Lipinski definition) is 6. The van der Waals surface area contributed by atoms with Gasteiger partial charge in [0.2, 0.25) is 5.39 Å². The minimum absolute atomic E-state index is 0.0146. The summed E-state index contributed by atoms with van der Waals surface area (Å²) in [5, 5.41) is 8.11. The smallest absolute Gasteiger partial charge is 0.341 e. The lowest BCUT2D eigenvalue weighted by molar-refractivity contribution is -0.140. The van der Waals surface area contributed by atoms with Crippen molar-refractivity contribution in [2.75, 3.05) is 32.5 Å². The number of nitrogens with zero attached hydrogens (tertiary/aromatic N) is 2. The van der Waals surface area contributed by atoms with E-state index in [1.807, 2.05) is 0 Å². The predicted molar refractivity (Wildman–Crippen MR) is 56.6 cm³/mol. The molecule has 0 radical (unpaired) electrons. The van der Waals surface area contributed by atoms with E-state index in [0.717, 1.165) is 0 Å². The summed E-state index contributed by atoms with van der Waals surface area (Å²) in [4.78, 5) is 14.0. The zero-order chi connectivity index (χ0) is 12.4. The molecular weight excluding hydrogens is 235 g/mol. The van der Waals surface area contributed by atoms with E-state index in [2.05, 4.69) is 9.71 Å². The van der Waals surface area contributed by atoms with Gasteiger partial charge in [0.15, 0.2) is 6.61 Å². The lowest BCUT2D eigenvalue weighted by Crippen LogP contribution is -2.14. The van der Waals surface area contributed by atoms with Gasteiger partial charge in [0, 0.05) is 0 Å².